The van der Waals surface area contributed by atoms with Crippen LogP contribution in [-0.2, 0) is 9.53 Å². The minimum absolute atomic E-state index is 0.0312. The Bertz CT molecular complexity index is 623. The van der Waals surface area contributed by atoms with Crippen molar-refractivity contribution in [1.82, 2.24) is 5.32 Å². The zero-order valence-electron chi connectivity index (χ0n) is 19.8. The normalized spacial score (nSPS) is 46.4. The van der Waals surface area contributed by atoms with Crippen LogP contribution in [0.5, 0.6) is 0 Å². The second-order valence-electron chi connectivity index (χ2n) is 11.7. The zero-order chi connectivity index (χ0) is 21.5. The molecule has 30 heavy (non-hydrogen) atoms. The maximum Gasteiger partial charge on any atom is 0.323 e. The molecule has 4 fully saturated rings. The van der Waals surface area contributed by atoms with Crippen molar-refractivity contribution in [2.75, 3.05) is 7.05 Å². The fraction of sp³-hybridized carbons (Fsp3) is 0.962. The Hall–Kier alpha value is -0.610. The summed E-state index contributed by atoms with van der Waals surface area (Å²) >= 11 is 0. The first-order valence-electron chi connectivity index (χ1n) is 12.9. The predicted octanol–water partition coefficient (Wildman–Crippen LogP) is 5.08. The molecule has 0 amide bonds. The van der Waals surface area contributed by atoms with Crippen molar-refractivity contribution < 1.29 is 14.6 Å². The van der Waals surface area contributed by atoms with Crippen LogP contribution in [0.25, 0.3) is 0 Å². The molecule has 1 unspecified atom stereocenters. The van der Waals surface area contributed by atoms with Gasteiger partial charge in [0.2, 0.25) is 0 Å². The molecular formula is C26H45NO3. The summed E-state index contributed by atoms with van der Waals surface area (Å²) in [6, 6.07) is -0.183. The fourth-order valence-electron chi connectivity index (χ4n) is 8.46. The molecule has 0 aromatic carbocycles. The van der Waals surface area contributed by atoms with Crippen LogP contribution in [0.3, 0.4) is 0 Å². The molecule has 4 nitrogen and oxygen atoms in total. The van der Waals surface area contributed by atoms with E-state index in [2.05, 4.69) is 26.1 Å². The number of unbranched alkanes of at least 4 members (excludes halogenated alkanes) is 1. The highest BCUT2D eigenvalue weighted by Crippen LogP contribution is 2.66. The zero-order valence-corrected chi connectivity index (χ0v) is 19.8. The van der Waals surface area contributed by atoms with Crippen LogP contribution in [0, 0.1) is 34.5 Å². The molecule has 2 N–H and O–H groups in total. The van der Waals surface area contributed by atoms with E-state index in [0.29, 0.717) is 23.2 Å². The fourth-order valence-corrected chi connectivity index (χ4v) is 8.46. The number of fused-ring (bicyclic) bond motifs is 5. The molecule has 0 saturated heterocycles. The minimum atomic E-state index is -0.183. The van der Waals surface area contributed by atoms with Crippen LogP contribution in [0.2, 0.25) is 0 Å². The number of aliphatic hydroxyl groups excluding tert-OH is 1. The third-order valence-electron chi connectivity index (χ3n) is 10.1. The first-order valence-corrected chi connectivity index (χ1v) is 12.9. The Balaban J connectivity index is 1.61. The van der Waals surface area contributed by atoms with Gasteiger partial charge in [0.25, 0.3) is 0 Å². The third kappa shape index (κ3) is 3.85. The maximum absolute atomic E-state index is 13.2. The van der Waals surface area contributed by atoms with Gasteiger partial charge >= 0.3 is 5.97 Å². The lowest BCUT2D eigenvalue weighted by Gasteiger charge is -2.62. The van der Waals surface area contributed by atoms with Gasteiger partial charge in [-0.3, -0.25) is 4.79 Å². The summed E-state index contributed by atoms with van der Waals surface area (Å²) in [4.78, 5) is 13.2. The lowest BCUT2D eigenvalue weighted by molar-refractivity contribution is -0.196. The largest absolute Gasteiger partial charge is 0.461 e. The average molecular weight is 420 g/mol. The second kappa shape index (κ2) is 8.73. The molecular weight excluding hydrogens is 374 g/mol. The molecule has 0 radical (unpaired) electrons. The van der Waals surface area contributed by atoms with Crippen molar-refractivity contribution in [2.24, 2.45) is 34.5 Å². The van der Waals surface area contributed by atoms with Gasteiger partial charge in [-0.25, -0.2) is 0 Å². The third-order valence-corrected chi connectivity index (χ3v) is 10.1. The van der Waals surface area contributed by atoms with E-state index in [-0.39, 0.29) is 29.6 Å². The molecule has 0 heterocycles. The van der Waals surface area contributed by atoms with Crippen molar-refractivity contribution in [3.8, 4) is 0 Å². The highest BCUT2D eigenvalue weighted by Gasteiger charge is 2.62. The number of nitrogens with one attached hydrogen (secondary N) is 1. The van der Waals surface area contributed by atoms with Crippen molar-refractivity contribution in [3.63, 3.8) is 0 Å². The van der Waals surface area contributed by atoms with Gasteiger partial charge in [-0.15, -0.1) is 0 Å². The summed E-state index contributed by atoms with van der Waals surface area (Å²) in [7, 11) is 1.89. The summed E-state index contributed by atoms with van der Waals surface area (Å²) in [5.41, 5.74) is 0.539. The van der Waals surface area contributed by atoms with Gasteiger partial charge in [0, 0.05) is 5.92 Å². The Kier molecular flexibility index (Phi) is 6.57. The van der Waals surface area contributed by atoms with Crippen molar-refractivity contribution in [3.05, 3.63) is 0 Å². The van der Waals surface area contributed by atoms with Gasteiger partial charge < -0.3 is 15.2 Å². The highest BCUT2D eigenvalue weighted by atomic mass is 16.5. The number of carbonyl (C=O) groups is 1. The van der Waals surface area contributed by atoms with Crippen LogP contribution in [0.15, 0.2) is 0 Å². The minimum Gasteiger partial charge on any atom is -0.461 e. The maximum atomic E-state index is 13.2. The van der Waals surface area contributed by atoms with Crippen LogP contribution < -0.4 is 5.32 Å². The van der Waals surface area contributed by atoms with E-state index in [0.717, 1.165) is 50.9 Å². The Labute approximate surface area is 183 Å². The van der Waals surface area contributed by atoms with Gasteiger partial charge in [-0.2, -0.15) is 0 Å². The van der Waals surface area contributed by atoms with Gasteiger partial charge in [0.15, 0.2) is 0 Å². The molecule has 0 spiro atoms. The number of likely N-dealkylation sites (N-methyl/N-ethyl adjacent to an activating group) is 1. The van der Waals surface area contributed by atoms with E-state index in [4.69, 9.17) is 4.74 Å². The molecule has 0 aromatic heterocycles. The molecule has 0 aromatic rings. The number of aliphatic hydroxyl groups is 1. The molecule has 4 aliphatic rings. The molecule has 4 rings (SSSR count). The van der Waals surface area contributed by atoms with Crippen molar-refractivity contribution in [2.45, 2.75) is 116 Å². The molecule has 4 aliphatic carbocycles. The molecule has 4 heteroatoms. The van der Waals surface area contributed by atoms with E-state index in [1.165, 1.54) is 32.1 Å². The second-order valence-corrected chi connectivity index (χ2v) is 11.7. The quantitative estimate of drug-likeness (QED) is 0.590. The number of rotatable bonds is 6. The van der Waals surface area contributed by atoms with Gasteiger partial charge in [0.05, 0.1) is 6.10 Å². The number of carbonyl (C=O) groups excluding carboxylic acids is 1. The van der Waals surface area contributed by atoms with E-state index in [9.17, 15) is 9.90 Å². The molecule has 9 atom stereocenters. The van der Waals surface area contributed by atoms with Crippen LogP contribution in [-0.4, -0.2) is 36.4 Å². The van der Waals surface area contributed by atoms with Gasteiger partial charge in [-0.05, 0) is 93.4 Å². The number of hydrogen-bond acceptors (Lipinski definition) is 4. The summed E-state index contributed by atoms with van der Waals surface area (Å²) < 4.78 is 6.46. The molecule has 172 valence electrons. The van der Waals surface area contributed by atoms with Gasteiger partial charge in [-0.1, -0.05) is 40.0 Å². The first-order chi connectivity index (χ1) is 14.3. The summed E-state index contributed by atoms with van der Waals surface area (Å²) in [5.74, 6) is 2.49. The van der Waals surface area contributed by atoms with E-state index in [1.807, 2.05) is 7.05 Å². The van der Waals surface area contributed by atoms with E-state index in [1.54, 1.807) is 0 Å². The van der Waals surface area contributed by atoms with Crippen LogP contribution in [0.4, 0.5) is 0 Å². The highest BCUT2D eigenvalue weighted by molar-refractivity contribution is 5.76. The monoisotopic (exact) mass is 419 g/mol. The number of hydrogen-bond donors (Lipinski definition) is 2. The van der Waals surface area contributed by atoms with Crippen LogP contribution in [0.1, 0.15) is 97.8 Å². The van der Waals surface area contributed by atoms with Gasteiger partial charge in [0.1, 0.15) is 12.1 Å². The topological polar surface area (TPSA) is 58.6 Å². The lowest BCUT2D eigenvalue weighted by Crippen LogP contribution is -2.59. The SMILES string of the molecule is CCCCC(NC)C(=O)O[C@H]1C[C@]2(C)CCC[C@H]2[C@@H]2CC[C@H]3C[C@H](O)CC[C@]3(C)[C@H]21. The smallest absolute Gasteiger partial charge is 0.323 e. The standard InChI is InChI=1S/C26H45NO3/c1-5-6-9-21(27-4)24(29)30-22-16-25(2)13-7-8-20(25)19-11-10-17-15-18(28)12-14-26(17,3)23(19)22/h17-23,27-28H,5-16H2,1-4H3/t17-,18+,19-,20-,21?,22-,23+,25-,26-/m0/s1. The Morgan fingerprint density at radius 3 is 2.73 bits per heavy atom. The first kappa shape index (κ1) is 22.6. The lowest BCUT2D eigenvalue weighted by atomic mass is 9.44. The van der Waals surface area contributed by atoms with Crippen molar-refractivity contribution in [1.29, 1.82) is 0 Å². The Morgan fingerprint density at radius 1 is 1.20 bits per heavy atom. The number of esters is 1. The molecule has 4 saturated carbocycles. The molecule has 0 bridgehead atoms. The Morgan fingerprint density at radius 2 is 2.00 bits per heavy atom. The predicted molar refractivity (Wildman–Crippen MR) is 120 cm³/mol. The molecule has 0 aliphatic heterocycles. The summed E-state index contributed by atoms with van der Waals surface area (Å²) in [6.45, 7) is 7.13. The number of ether oxygens (including phenoxy) is 1. The average Bonchev–Trinajstić information content (AvgIpc) is 3.10. The summed E-state index contributed by atoms with van der Waals surface area (Å²) in [5, 5.41) is 13.6. The van der Waals surface area contributed by atoms with E-state index >= 15 is 0 Å². The van der Waals surface area contributed by atoms with Crippen molar-refractivity contribution >= 4 is 5.97 Å². The van der Waals surface area contributed by atoms with Crippen LogP contribution >= 0.6 is 0 Å². The summed E-state index contributed by atoms with van der Waals surface area (Å²) in [6.07, 6.45) is 13.4. The van der Waals surface area contributed by atoms with E-state index < -0.39 is 0 Å².